The average molecular weight is 399 g/mol. The largest absolute Gasteiger partial charge is 0.480 e. The number of hydrogen-bond donors (Lipinski definition) is 3. The van der Waals surface area contributed by atoms with Crippen LogP contribution >= 0.6 is 0 Å². The van der Waals surface area contributed by atoms with Gasteiger partial charge < -0.3 is 15.3 Å². The van der Waals surface area contributed by atoms with Crippen molar-refractivity contribution in [2.75, 3.05) is 20.1 Å². The highest BCUT2D eigenvalue weighted by atomic mass is 32.2. The number of nitrogens with one attached hydrogen (secondary N) is 2. The van der Waals surface area contributed by atoms with Crippen LogP contribution in [0, 0.1) is 0 Å². The second-order valence-corrected chi connectivity index (χ2v) is 7.82. The molecular weight excluding hydrogens is 374 g/mol. The first-order valence-corrected chi connectivity index (χ1v) is 9.86. The van der Waals surface area contributed by atoms with E-state index in [0.29, 0.717) is 6.42 Å². The zero-order valence-electron chi connectivity index (χ0n) is 15.6. The zero-order valence-corrected chi connectivity index (χ0v) is 16.4. The quantitative estimate of drug-likeness (QED) is 0.506. The maximum Gasteiger partial charge on any atom is 0.326 e. The lowest BCUT2D eigenvalue weighted by Gasteiger charge is -2.26. The molecule has 0 bridgehead atoms. The van der Waals surface area contributed by atoms with Crippen molar-refractivity contribution in [1.82, 2.24) is 14.9 Å². The standard InChI is InChI=1S/C17H25N3O6S/c1-12(17(23)24)20(11-10-19-13(2)21)16(22)9-6-14-4-7-15(8-5-14)27(25,26)18-3/h4-5,7-8,12,18H,6,9-11H2,1-3H3,(H,19,21)(H,23,24). The lowest BCUT2D eigenvalue weighted by atomic mass is 10.1. The molecule has 0 aliphatic heterocycles. The van der Waals surface area contributed by atoms with Crippen LogP contribution in [0.2, 0.25) is 0 Å². The van der Waals surface area contributed by atoms with Crippen molar-refractivity contribution in [3.63, 3.8) is 0 Å². The number of aryl methyl sites for hydroxylation is 1. The first kappa shape index (κ1) is 22.6. The molecular formula is C17H25N3O6S. The fraction of sp³-hybridized carbons (Fsp3) is 0.471. The maximum atomic E-state index is 12.5. The van der Waals surface area contributed by atoms with Gasteiger partial charge in [0.15, 0.2) is 0 Å². The van der Waals surface area contributed by atoms with E-state index >= 15 is 0 Å². The van der Waals surface area contributed by atoms with Crippen LogP contribution in [0.15, 0.2) is 29.2 Å². The van der Waals surface area contributed by atoms with Crippen molar-refractivity contribution in [2.45, 2.75) is 37.6 Å². The first-order valence-electron chi connectivity index (χ1n) is 8.37. The molecule has 1 aromatic carbocycles. The van der Waals surface area contributed by atoms with Crippen LogP contribution in [-0.2, 0) is 30.8 Å². The SMILES string of the molecule is CNS(=O)(=O)c1ccc(CCC(=O)N(CCNC(C)=O)C(C)C(=O)O)cc1. The van der Waals surface area contributed by atoms with Crippen LogP contribution in [0.4, 0.5) is 0 Å². The summed E-state index contributed by atoms with van der Waals surface area (Å²) in [7, 11) is -2.20. The van der Waals surface area contributed by atoms with E-state index in [1.807, 2.05) is 0 Å². The second kappa shape index (κ2) is 10.0. The minimum Gasteiger partial charge on any atom is -0.480 e. The Labute approximate surface area is 158 Å². The van der Waals surface area contributed by atoms with E-state index in [1.165, 1.54) is 37.9 Å². The molecule has 0 aliphatic rings. The summed E-state index contributed by atoms with van der Waals surface area (Å²) in [6.45, 7) is 3.00. The van der Waals surface area contributed by atoms with Gasteiger partial charge in [0, 0.05) is 26.4 Å². The first-order chi connectivity index (χ1) is 12.6. The molecule has 27 heavy (non-hydrogen) atoms. The molecule has 2 amide bonds. The monoisotopic (exact) mass is 399 g/mol. The summed E-state index contributed by atoms with van der Waals surface area (Å²) in [6.07, 6.45) is 0.400. The fourth-order valence-corrected chi connectivity index (χ4v) is 3.10. The van der Waals surface area contributed by atoms with E-state index in [9.17, 15) is 27.9 Å². The third kappa shape index (κ3) is 6.99. The molecule has 0 aromatic heterocycles. The van der Waals surface area contributed by atoms with Crippen LogP contribution in [0.5, 0.6) is 0 Å². The van der Waals surface area contributed by atoms with Crippen molar-refractivity contribution >= 4 is 27.8 Å². The second-order valence-electron chi connectivity index (χ2n) is 5.94. The van der Waals surface area contributed by atoms with Crippen molar-refractivity contribution in [3.05, 3.63) is 29.8 Å². The van der Waals surface area contributed by atoms with E-state index in [1.54, 1.807) is 12.1 Å². The summed E-state index contributed by atoms with van der Waals surface area (Å²) >= 11 is 0. The molecule has 1 rings (SSSR count). The molecule has 9 nitrogen and oxygen atoms in total. The number of sulfonamides is 1. The third-order valence-corrected chi connectivity index (χ3v) is 5.43. The maximum absolute atomic E-state index is 12.5. The number of benzene rings is 1. The Balaban J connectivity index is 2.74. The number of aliphatic carboxylic acids is 1. The van der Waals surface area contributed by atoms with E-state index in [2.05, 4.69) is 10.0 Å². The van der Waals surface area contributed by atoms with Gasteiger partial charge in [-0.1, -0.05) is 12.1 Å². The summed E-state index contributed by atoms with van der Waals surface area (Å²) < 4.78 is 25.6. The van der Waals surface area contributed by atoms with E-state index < -0.39 is 22.0 Å². The van der Waals surface area contributed by atoms with E-state index in [4.69, 9.17) is 0 Å². The predicted molar refractivity (Wildman–Crippen MR) is 98.5 cm³/mol. The zero-order chi connectivity index (χ0) is 20.6. The molecule has 10 heteroatoms. The molecule has 0 saturated heterocycles. The van der Waals surface area contributed by atoms with Gasteiger partial charge in [-0.25, -0.2) is 17.9 Å². The highest BCUT2D eigenvalue weighted by Crippen LogP contribution is 2.13. The van der Waals surface area contributed by atoms with Crippen molar-refractivity contribution < 1.29 is 27.9 Å². The highest BCUT2D eigenvalue weighted by molar-refractivity contribution is 7.89. The van der Waals surface area contributed by atoms with Crippen molar-refractivity contribution in [3.8, 4) is 0 Å². The Hall–Kier alpha value is -2.46. The Kier molecular flexibility index (Phi) is 8.38. The molecule has 150 valence electrons. The van der Waals surface area contributed by atoms with E-state index in [-0.39, 0.29) is 36.2 Å². The Morgan fingerprint density at radius 2 is 1.78 bits per heavy atom. The Morgan fingerprint density at radius 1 is 1.19 bits per heavy atom. The van der Waals surface area contributed by atoms with Gasteiger partial charge in [0.25, 0.3) is 0 Å². The molecule has 1 atom stereocenters. The molecule has 0 spiro atoms. The van der Waals surface area contributed by atoms with Crippen LogP contribution < -0.4 is 10.0 Å². The van der Waals surface area contributed by atoms with Gasteiger partial charge in [-0.15, -0.1) is 0 Å². The minimum atomic E-state index is -3.52. The number of amides is 2. The molecule has 0 fully saturated rings. The van der Waals surface area contributed by atoms with Crippen molar-refractivity contribution in [1.29, 1.82) is 0 Å². The molecule has 3 N–H and O–H groups in total. The van der Waals surface area contributed by atoms with Gasteiger partial charge >= 0.3 is 5.97 Å². The van der Waals surface area contributed by atoms with Gasteiger partial charge in [-0.2, -0.15) is 0 Å². The smallest absolute Gasteiger partial charge is 0.326 e. The summed E-state index contributed by atoms with van der Waals surface area (Å²) in [5.74, 6) is -1.75. The summed E-state index contributed by atoms with van der Waals surface area (Å²) in [5.41, 5.74) is 0.753. The molecule has 0 aliphatic carbocycles. The topological polar surface area (TPSA) is 133 Å². The lowest BCUT2D eigenvalue weighted by Crippen LogP contribution is -2.46. The van der Waals surface area contributed by atoms with Gasteiger partial charge in [-0.05, 0) is 38.1 Å². The normalized spacial score (nSPS) is 12.3. The number of hydrogen-bond acceptors (Lipinski definition) is 5. The summed E-state index contributed by atoms with van der Waals surface area (Å²) in [6, 6.07) is 5.09. The molecule has 1 aromatic rings. The number of carboxylic acid groups (broad SMARTS) is 1. The van der Waals surface area contributed by atoms with Gasteiger partial charge in [0.1, 0.15) is 6.04 Å². The highest BCUT2D eigenvalue weighted by Gasteiger charge is 2.25. The van der Waals surface area contributed by atoms with Gasteiger partial charge in [0.05, 0.1) is 4.90 Å². The Morgan fingerprint density at radius 3 is 2.26 bits per heavy atom. The Bertz CT molecular complexity index is 776. The van der Waals surface area contributed by atoms with Gasteiger partial charge in [0.2, 0.25) is 21.8 Å². The third-order valence-electron chi connectivity index (χ3n) is 4.00. The van der Waals surface area contributed by atoms with Crippen LogP contribution in [0.3, 0.4) is 0 Å². The minimum absolute atomic E-state index is 0.0653. The van der Waals surface area contributed by atoms with Crippen LogP contribution in [-0.4, -0.2) is 62.4 Å². The summed E-state index contributed by atoms with van der Waals surface area (Å²) in [4.78, 5) is 36.0. The van der Waals surface area contributed by atoms with Crippen LogP contribution in [0.25, 0.3) is 0 Å². The number of carbonyl (C=O) groups excluding carboxylic acids is 2. The predicted octanol–water partition coefficient (Wildman–Crippen LogP) is -0.0349. The molecule has 0 radical (unpaired) electrons. The summed E-state index contributed by atoms with van der Waals surface area (Å²) in [5, 5.41) is 11.7. The van der Waals surface area contributed by atoms with Crippen LogP contribution in [0.1, 0.15) is 25.8 Å². The molecule has 0 saturated carbocycles. The van der Waals surface area contributed by atoms with E-state index in [0.717, 1.165) is 5.56 Å². The van der Waals surface area contributed by atoms with Crippen molar-refractivity contribution in [2.24, 2.45) is 0 Å². The van der Waals surface area contributed by atoms with Gasteiger partial charge in [-0.3, -0.25) is 9.59 Å². The lowest BCUT2D eigenvalue weighted by molar-refractivity contribution is -0.149. The number of nitrogens with zero attached hydrogens (tertiary/aromatic N) is 1. The number of rotatable bonds is 10. The fourth-order valence-electron chi connectivity index (χ4n) is 2.37. The average Bonchev–Trinajstić information content (AvgIpc) is 2.62. The molecule has 0 heterocycles. The molecule has 1 unspecified atom stereocenters. The number of carbonyl (C=O) groups is 3. The number of carboxylic acids is 1.